The van der Waals surface area contributed by atoms with Crippen molar-refractivity contribution in [2.75, 3.05) is 41.6 Å². The van der Waals surface area contributed by atoms with Gasteiger partial charge in [-0.3, -0.25) is 4.31 Å². The molecule has 0 saturated carbocycles. The Morgan fingerprint density at radius 3 is 2.50 bits per heavy atom. The normalized spacial score (nSPS) is 19.3. The Balaban J connectivity index is 1.44. The quantitative estimate of drug-likeness (QED) is 0.671. The maximum absolute atomic E-state index is 12.3. The largest absolute Gasteiger partial charge is 0.444 e. The number of aromatic nitrogens is 1. The van der Waals surface area contributed by atoms with Gasteiger partial charge in [0.15, 0.2) is 5.13 Å². The number of anilines is 2. The van der Waals surface area contributed by atoms with E-state index in [9.17, 15) is 13.2 Å². The molecule has 174 valence electrons. The fraction of sp³-hybridized carbons (Fsp3) is 0.545. The SMILES string of the molecule is C[C@@H]1Cc2cc(-c3csc(N4CCN(C(=O)OC(C)(C)C)CC4)n3)ccc2N1S(C)(=O)=O. The Morgan fingerprint density at radius 1 is 1.19 bits per heavy atom. The molecule has 10 heteroatoms. The third-order valence-corrected chi connectivity index (χ3v) is 7.75. The summed E-state index contributed by atoms with van der Waals surface area (Å²) < 4.78 is 31.3. The van der Waals surface area contributed by atoms with Gasteiger partial charge >= 0.3 is 6.09 Å². The molecule has 0 radical (unpaired) electrons. The first-order chi connectivity index (χ1) is 14.9. The van der Waals surface area contributed by atoms with Crippen LogP contribution in [0, 0.1) is 0 Å². The van der Waals surface area contributed by atoms with Crippen LogP contribution in [-0.4, -0.2) is 68.5 Å². The zero-order valence-corrected chi connectivity index (χ0v) is 20.8. The summed E-state index contributed by atoms with van der Waals surface area (Å²) in [5, 5.41) is 2.96. The number of benzene rings is 1. The second kappa shape index (κ2) is 8.22. The summed E-state index contributed by atoms with van der Waals surface area (Å²) in [6.45, 7) is 10.2. The van der Waals surface area contributed by atoms with Crippen LogP contribution in [0.25, 0.3) is 11.3 Å². The summed E-state index contributed by atoms with van der Waals surface area (Å²) in [7, 11) is -3.30. The zero-order chi connectivity index (χ0) is 23.3. The number of thiazole rings is 1. The van der Waals surface area contributed by atoms with Crippen LogP contribution in [0.1, 0.15) is 33.3 Å². The van der Waals surface area contributed by atoms with Crippen LogP contribution in [0.4, 0.5) is 15.6 Å². The van der Waals surface area contributed by atoms with Gasteiger partial charge in [-0.1, -0.05) is 6.07 Å². The summed E-state index contributed by atoms with van der Waals surface area (Å²) in [6, 6.07) is 5.79. The van der Waals surface area contributed by atoms with Crippen molar-refractivity contribution in [1.82, 2.24) is 9.88 Å². The third-order valence-electron chi connectivity index (χ3n) is 5.58. The molecule has 1 amide bonds. The molecule has 4 rings (SSSR count). The molecule has 1 atom stereocenters. The minimum Gasteiger partial charge on any atom is -0.444 e. The van der Waals surface area contributed by atoms with Gasteiger partial charge in [0.1, 0.15) is 5.60 Å². The van der Waals surface area contributed by atoms with E-state index >= 15 is 0 Å². The van der Waals surface area contributed by atoms with E-state index in [1.165, 1.54) is 10.6 Å². The number of carbonyl (C=O) groups excluding carboxylic acids is 1. The second-order valence-corrected chi connectivity index (χ2v) is 12.1. The summed E-state index contributed by atoms with van der Waals surface area (Å²) in [5.41, 5.74) is 3.16. The number of fused-ring (bicyclic) bond motifs is 1. The molecule has 0 N–H and O–H groups in total. The second-order valence-electron chi connectivity index (χ2n) is 9.43. The molecule has 2 aliphatic rings. The molecule has 0 unspecified atom stereocenters. The maximum atomic E-state index is 12.3. The number of hydrogen-bond acceptors (Lipinski definition) is 7. The van der Waals surface area contributed by atoms with Crippen molar-refractivity contribution in [3.05, 3.63) is 29.1 Å². The Morgan fingerprint density at radius 2 is 1.88 bits per heavy atom. The third kappa shape index (κ3) is 4.71. The molecule has 0 spiro atoms. The van der Waals surface area contributed by atoms with E-state index in [-0.39, 0.29) is 12.1 Å². The van der Waals surface area contributed by atoms with E-state index < -0.39 is 15.6 Å². The number of sulfonamides is 1. The molecule has 0 bridgehead atoms. The van der Waals surface area contributed by atoms with Crippen LogP contribution < -0.4 is 9.21 Å². The van der Waals surface area contributed by atoms with Crippen LogP contribution in [0.3, 0.4) is 0 Å². The molecule has 32 heavy (non-hydrogen) atoms. The fourth-order valence-electron chi connectivity index (χ4n) is 4.22. The molecule has 0 aliphatic carbocycles. The minimum absolute atomic E-state index is 0.0810. The Hall–Kier alpha value is -2.33. The summed E-state index contributed by atoms with van der Waals surface area (Å²) in [6.07, 6.45) is 1.68. The van der Waals surface area contributed by atoms with Crippen molar-refractivity contribution < 1.29 is 17.9 Å². The molecule has 3 heterocycles. The van der Waals surface area contributed by atoms with E-state index in [1.807, 2.05) is 45.2 Å². The first-order valence-electron chi connectivity index (χ1n) is 10.7. The highest BCUT2D eigenvalue weighted by Gasteiger charge is 2.33. The zero-order valence-electron chi connectivity index (χ0n) is 19.2. The lowest BCUT2D eigenvalue weighted by Crippen LogP contribution is -2.50. The molecule has 2 aliphatic heterocycles. The number of nitrogens with zero attached hydrogens (tertiary/aromatic N) is 4. The van der Waals surface area contributed by atoms with E-state index in [4.69, 9.17) is 9.72 Å². The Bertz CT molecular complexity index is 1120. The van der Waals surface area contributed by atoms with Crippen LogP contribution in [-0.2, 0) is 21.2 Å². The monoisotopic (exact) mass is 478 g/mol. The van der Waals surface area contributed by atoms with Gasteiger partial charge in [0, 0.05) is 43.2 Å². The van der Waals surface area contributed by atoms with Crippen molar-refractivity contribution in [2.45, 2.75) is 45.8 Å². The number of carbonyl (C=O) groups is 1. The maximum Gasteiger partial charge on any atom is 0.410 e. The molecular weight excluding hydrogens is 448 g/mol. The minimum atomic E-state index is -3.30. The number of ether oxygens (including phenoxy) is 1. The number of hydrogen-bond donors (Lipinski definition) is 0. The Labute approximate surface area is 193 Å². The predicted molar refractivity (Wildman–Crippen MR) is 128 cm³/mol. The van der Waals surface area contributed by atoms with Crippen molar-refractivity contribution in [2.24, 2.45) is 0 Å². The molecule has 1 aromatic carbocycles. The van der Waals surface area contributed by atoms with E-state index in [2.05, 4.69) is 11.0 Å². The van der Waals surface area contributed by atoms with Crippen molar-refractivity contribution in [3.8, 4) is 11.3 Å². The van der Waals surface area contributed by atoms with Crippen LogP contribution in [0.5, 0.6) is 0 Å². The molecular formula is C22H30N4O4S2. The van der Waals surface area contributed by atoms with E-state index in [0.717, 1.165) is 27.6 Å². The van der Waals surface area contributed by atoms with Gasteiger partial charge in [-0.05, 0) is 51.8 Å². The summed E-state index contributed by atoms with van der Waals surface area (Å²) >= 11 is 1.58. The molecule has 1 fully saturated rings. The smallest absolute Gasteiger partial charge is 0.410 e. The number of amides is 1. The van der Waals surface area contributed by atoms with Crippen LogP contribution >= 0.6 is 11.3 Å². The highest BCUT2D eigenvalue weighted by Crippen LogP contribution is 2.37. The lowest BCUT2D eigenvalue weighted by Gasteiger charge is -2.35. The highest BCUT2D eigenvalue weighted by atomic mass is 32.2. The standard InChI is InChI=1S/C22H30N4O4S2/c1-15-12-17-13-16(6-7-19(17)26(15)32(5,28)29)18-14-31-20(23-18)24-8-10-25(11-9-24)21(27)30-22(2,3)4/h6-7,13-15H,8-12H2,1-5H3/t15-/m1/s1. The highest BCUT2D eigenvalue weighted by molar-refractivity contribution is 7.92. The summed E-state index contributed by atoms with van der Waals surface area (Å²) in [5.74, 6) is 0. The van der Waals surface area contributed by atoms with Gasteiger partial charge in [-0.25, -0.2) is 18.2 Å². The molecule has 2 aromatic rings. The van der Waals surface area contributed by atoms with E-state index in [1.54, 1.807) is 16.2 Å². The lowest BCUT2D eigenvalue weighted by atomic mass is 10.1. The van der Waals surface area contributed by atoms with Crippen LogP contribution in [0.15, 0.2) is 23.6 Å². The van der Waals surface area contributed by atoms with Crippen LogP contribution in [0.2, 0.25) is 0 Å². The molecule has 8 nitrogen and oxygen atoms in total. The predicted octanol–water partition coefficient (Wildman–Crippen LogP) is 3.58. The van der Waals surface area contributed by atoms with Gasteiger partial charge in [-0.15, -0.1) is 11.3 Å². The van der Waals surface area contributed by atoms with Gasteiger partial charge < -0.3 is 14.5 Å². The lowest BCUT2D eigenvalue weighted by molar-refractivity contribution is 0.0240. The fourth-order valence-corrected chi connectivity index (χ4v) is 6.37. The average Bonchev–Trinajstić information content (AvgIpc) is 3.29. The topological polar surface area (TPSA) is 83.1 Å². The van der Waals surface area contributed by atoms with Gasteiger partial charge in [0.25, 0.3) is 0 Å². The van der Waals surface area contributed by atoms with Gasteiger partial charge in [0.05, 0.1) is 17.6 Å². The van der Waals surface area contributed by atoms with Crippen molar-refractivity contribution >= 4 is 38.3 Å². The number of piperazine rings is 1. The van der Waals surface area contributed by atoms with Crippen molar-refractivity contribution in [3.63, 3.8) is 0 Å². The first-order valence-corrected chi connectivity index (χ1v) is 13.5. The average molecular weight is 479 g/mol. The van der Waals surface area contributed by atoms with E-state index in [0.29, 0.717) is 32.6 Å². The molecule has 1 saturated heterocycles. The van der Waals surface area contributed by atoms with Gasteiger partial charge in [0.2, 0.25) is 10.0 Å². The van der Waals surface area contributed by atoms with Crippen molar-refractivity contribution in [1.29, 1.82) is 0 Å². The first kappa shape index (κ1) is 22.8. The molecule has 1 aromatic heterocycles. The van der Waals surface area contributed by atoms with Gasteiger partial charge in [-0.2, -0.15) is 0 Å². The number of rotatable bonds is 3. The Kier molecular flexibility index (Phi) is 5.87. The summed E-state index contributed by atoms with van der Waals surface area (Å²) in [4.78, 5) is 21.0.